The number of rotatable bonds is 6. The molecule has 2 heterocycles. The van der Waals surface area contributed by atoms with Crippen molar-refractivity contribution in [3.05, 3.63) is 71.4 Å². The smallest absolute Gasteiger partial charge is 0.223 e. The van der Waals surface area contributed by atoms with Crippen LogP contribution in [0.3, 0.4) is 0 Å². The molecule has 2 aromatic heterocycles. The van der Waals surface area contributed by atoms with Crippen molar-refractivity contribution in [3.8, 4) is 11.6 Å². The average Bonchev–Trinajstić information content (AvgIpc) is 2.92. The molecule has 0 radical (unpaired) electrons. The van der Waals surface area contributed by atoms with Crippen molar-refractivity contribution in [1.29, 1.82) is 0 Å². The predicted octanol–water partition coefficient (Wildman–Crippen LogP) is 3.48. The molecular formula is C18H18F2N4O. The molecule has 7 heteroatoms. The van der Waals surface area contributed by atoms with Crippen molar-refractivity contribution in [1.82, 2.24) is 19.9 Å². The highest BCUT2D eigenvalue weighted by molar-refractivity contribution is 5.32. The van der Waals surface area contributed by atoms with Gasteiger partial charge in [-0.1, -0.05) is 6.07 Å². The summed E-state index contributed by atoms with van der Waals surface area (Å²) in [6.07, 6.45) is 3.41. The van der Waals surface area contributed by atoms with Gasteiger partial charge in [-0.15, -0.1) is 0 Å². The summed E-state index contributed by atoms with van der Waals surface area (Å²) in [6.45, 7) is 3.09. The van der Waals surface area contributed by atoms with Crippen molar-refractivity contribution >= 4 is 0 Å². The quantitative estimate of drug-likeness (QED) is 0.744. The summed E-state index contributed by atoms with van der Waals surface area (Å²) in [6, 6.07) is 7.05. The summed E-state index contributed by atoms with van der Waals surface area (Å²) < 4.78 is 33.9. The Kier molecular flexibility index (Phi) is 5.04. The van der Waals surface area contributed by atoms with Gasteiger partial charge < -0.3 is 14.6 Å². The fourth-order valence-corrected chi connectivity index (χ4v) is 2.34. The zero-order valence-electron chi connectivity index (χ0n) is 14.0. The molecule has 0 aliphatic heterocycles. The fourth-order valence-electron chi connectivity index (χ4n) is 2.34. The lowest BCUT2D eigenvalue weighted by atomic mass is 10.2. The molecule has 3 rings (SSSR count). The highest BCUT2D eigenvalue weighted by atomic mass is 19.2. The first-order chi connectivity index (χ1) is 12.0. The van der Waals surface area contributed by atoms with Gasteiger partial charge in [0.05, 0.1) is 5.69 Å². The van der Waals surface area contributed by atoms with Crippen LogP contribution in [0.5, 0.6) is 11.6 Å². The summed E-state index contributed by atoms with van der Waals surface area (Å²) in [7, 11) is 1.96. The highest BCUT2D eigenvalue weighted by Gasteiger charge is 2.09. The number of ether oxygens (including phenoxy) is 1. The van der Waals surface area contributed by atoms with E-state index in [0.717, 1.165) is 29.2 Å². The molecule has 130 valence electrons. The minimum absolute atomic E-state index is 0.195. The van der Waals surface area contributed by atoms with E-state index in [1.165, 1.54) is 6.07 Å². The van der Waals surface area contributed by atoms with Crippen molar-refractivity contribution in [2.75, 3.05) is 0 Å². The lowest BCUT2D eigenvalue weighted by Gasteiger charge is -2.11. The van der Waals surface area contributed by atoms with Gasteiger partial charge in [0.2, 0.25) is 5.88 Å². The van der Waals surface area contributed by atoms with Gasteiger partial charge in [-0.3, -0.25) is 0 Å². The van der Waals surface area contributed by atoms with Crippen LogP contribution in [-0.2, 0) is 20.1 Å². The minimum atomic E-state index is -0.959. The maximum atomic E-state index is 13.3. The molecule has 0 unspecified atom stereocenters. The highest BCUT2D eigenvalue weighted by Crippen LogP contribution is 2.24. The predicted molar refractivity (Wildman–Crippen MR) is 89.2 cm³/mol. The van der Waals surface area contributed by atoms with Crippen LogP contribution in [0.15, 0.2) is 42.7 Å². The van der Waals surface area contributed by atoms with Crippen LogP contribution in [0.4, 0.5) is 8.78 Å². The Hall–Kier alpha value is -2.80. The summed E-state index contributed by atoms with van der Waals surface area (Å²) in [5.41, 5.74) is 1.87. The third-order valence-corrected chi connectivity index (χ3v) is 3.89. The number of hydrogen-bond acceptors (Lipinski definition) is 4. The number of imidazole rings is 1. The number of aromatic nitrogens is 3. The first-order valence-corrected chi connectivity index (χ1v) is 7.79. The zero-order valence-corrected chi connectivity index (χ0v) is 14.0. The third kappa shape index (κ3) is 4.00. The standard InChI is InChI=1S/C18H18F2N4O/c1-12-23-11-14(24(12)2)10-21-9-13-4-3-7-22-18(13)25-15-5-6-16(19)17(20)8-15/h3-8,11,21H,9-10H2,1-2H3. The molecule has 0 saturated carbocycles. The van der Waals surface area contributed by atoms with E-state index in [4.69, 9.17) is 4.74 Å². The van der Waals surface area contributed by atoms with Crippen LogP contribution in [0.1, 0.15) is 17.1 Å². The van der Waals surface area contributed by atoms with Crippen molar-refractivity contribution < 1.29 is 13.5 Å². The number of pyridine rings is 1. The largest absolute Gasteiger partial charge is 0.439 e. The van der Waals surface area contributed by atoms with Gasteiger partial charge >= 0.3 is 0 Å². The van der Waals surface area contributed by atoms with E-state index in [1.807, 2.05) is 30.8 Å². The van der Waals surface area contributed by atoms with Gasteiger partial charge in [-0.05, 0) is 25.1 Å². The van der Waals surface area contributed by atoms with Crippen molar-refractivity contribution in [2.24, 2.45) is 7.05 Å². The van der Waals surface area contributed by atoms with Crippen LogP contribution in [-0.4, -0.2) is 14.5 Å². The Morgan fingerprint density at radius 2 is 1.96 bits per heavy atom. The van der Waals surface area contributed by atoms with E-state index in [2.05, 4.69) is 15.3 Å². The molecule has 0 spiro atoms. The van der Waals surface area contributed by atoms with E-state index >= 15 is 0 Å². The minimum Gasteiger partial charge on any atom is -0.439 e. The molecular weight excluding hydrogens is 326 g/mol. The summed E-state index contributed by atoms with van der Waals surface area (Å²) in [4.78, 5) is 8.43. The van der Waals surface area contributed by atoms with Crippen molar-refractivity contribution in [3.63, 3.8) is 0 Å². The van der Waals surface area contributed by atoms with Gasteiger partial charge in [0.15, 0.2) is 11.6 Å². The lowest BCUT2D eigenvalue weighted by Crippen LogP contribution is -2.16. The fraction of sp³-hybridized carbons (Fsp3) is 0.222. The van der Waals surface area contributed by atoms with Crippen LogP contribution >= 0.6 is 0 Å². The first kappa shape index (κ1) is 17.0. The van der Waals surface area contributed by atoms with E-state index in [9.17, 15) is 8.78 Å². The second kappa shape index (κ2) is 7.40. The van der Waals surface area contributed by atoms with E-state index in [0.29, 0.717) is 19.0 Å². The molecule has 5 nitrogen and oxygen atoms in total. The lowest BCUT2D eigenvalue weighted by molar-refractivity contribution is 0.440. The molecule has 3 aromatic rings. The van der Waals surface area contributed by atoms with E-state index in [-0.39, 0.29) is 5.75 Å². The van der Waals surface area contributed by atoms with Crippen LogP contribution in [0, 0.1) is 18.6 Å². The van der Waals surface area contributed by atoms with Gasteiger partial charge in [-0.25, -0.2) is 18.7 Å². The van der Waals surface area contributed by atoms with Crippen LogP contribution in [0.25, 0.3) is 0 Å². The van der Waals surface area contributed by atoms with E-state index in [1.54, 1.807) is 12.3 Å². The van der Waals surface area contributed by atoms with Gasteiger partial charge in [-0.2, -0.15) is 0 Å². The Morgan fingerprint density at radius 1 is 1.12 bits per heavy atom. The number of halogens is 2. The maximum absolute atomic E-state index is 13.3. The molecule has 0 amide bonds. The molecule has 1 aromatic carbocycles. The number of hydrogen-bond donors (Lipinski definition) is 1. The average molecular weight is 344 g/mol. The summed E-state index contributed by atoms with van der Waals surface area (Å²) in [5.74, 6) is -0.384. The summed E-state index contributed by atoms with van der Waals surface area (Å²) in [5, 5.41) is 3.30. The van der Waals surface area contributed by atoms with Gasteiger partial charge in [0, 0.05) is 44.2 Å². The number of nitrogens with one attached hydrogen (secondary N) is 1. The molecule has 25 heavy (non-hydrogen) atoms. The maximum Gasteiger partial charge on any atom is 0.223 e. The van der Waals surface area contributed by atoms with Gasteiger partial charge in [0.1, 0.15) is 11.6 Å². The van der Waals surface area contributed by atoms with Crippen LogP contribution < -0.4 is 10.1 Å². The Morgan fingerprint density at radius 3 is 2.68 bits per heavy atom. The van der Waals surface area contributed by atoms with Crippen LogP contribution in [0.2, 0.25) is 0 Å². The Labute approximate surface area is 144 Å². The molecule has 0 aliphatic rings. The third-order valence-electron chi connectivity index (χ3n) is 3.89. The topological polar surface area (TPSA) is 52.0 Å². The number of aryl methyl sites for hydroxylation is 1. The Bertz CT molecular complexity index is 879. The second-order valence-electron chi connectivity index (χ2n) is 5.60. The molecule has 0 saturated heterocycles. The molecule has 1 N–H and O–H groups in total. The zero-order chi connectivity index (χ0) is 17.8. The number of benzene rings is 1. The van der Waals surface area contributed by atoms with E-state index < -0.39 is 11.6 Å². The molecule has 0 aliphatic carbocycles. The number of nitrogens with zero attached hydrogens (tertiary/aromatic N) is 3. The monoisotopic (exact) mass is 344 g/mol. The van der Waals surface area contributed by atoms with Gasteiger partial charge in [0.25, 0.3) is 0 Å². The molecule has 0 fully saturated rings. The van der Waals surface area contributed by atoms with Crippen molar-refractivity contribution in [2.45, 2.75) is 20.0 Å². The second-order valence-corrected chi connectivity index (χ2v) is 5.60. The normalized spacial score (nSPS) is 10.9. The summed E-state index contributed by atoms with van der Waals surface area (Å²) >= 11 is 0. The SMILES string of the molecule is Cc1ncc(CNCc2cccnc2Oc2ccc(F)c(F)c2)n1C. The first-order valence-electron chi connectivity index (χ1n) is 7.79. The Balaban J connectivity index is 1.68. The molecule has 0 atom stereocenters. The molecule has 0 bridgehead atoms.